The predicted molar refractivity (Wildman–Crippen MR) is 54.0 cm³/mol. The van der Waals surface area contributed by atoms with Crippen molar-refractivity contribution >= 4 is 0 Å². The Morgan fingerprint density at radius 3 is 2.93 bits per heavy atom. The molecule has 0 aliphatic carbocycles. The molecular formula is C9H17N5. The van der Waals surface area contributed by atoms with Crippen molar-refractivity contribution in [2.75, 3.05) is 32.7 Å². The summed E-state index contributed by atoms with van der Waals surface area (Å²) in [6.45, 7) is 5.79. The van der Waals surface area contributed by atoms with Crippen LogP contribution in [0.3, 0.4) is 0 Å². The van der Waals surface area contributed by atoms with Gasteiger partial charge in [0.2, 0.25) is 0 Å². The Hall–Kier alpha value is -0.940. The molecule has 0 saturated carbocycles. The largest absolute Gasteiger partial charge is 0.314 e. The fraction of sp³-hybridized carbons (Fsp3) is 0.778. The summed E-state index contributed by atoms with van der Waals surface area (Å²) in [5, 5.41) is 13.8. The second-order valence-electron chi connectivity index (χ2n) is 3.66. The van der Waals surface area contributed by atoms with E-state index in [9.17, 15) is 0 Å². The Labute approximate surface area is 83.9 Å². The second kappa shape index (κ2) is 5.07. The van der Waals surface area contributed by atoms with Gasteiger partial charge in [0.1, 0.15) is 0 Å². The van der Waals surface area contributed by atoms with Crippen LogP contribution >= 0.6 is 0 Å². The molecule has 1 fully saturated rings. The van der Waals surface area contributed by atoms with Crippen molar-refractivity contribution in [1.82, 2.24) is 25.6 Å². The number of nitrogens with zero attached hydrogens (tertiary/aromatic N) is 3. The molecule has 0 unspecified atom stereocenters. The summed E-state index contributed by atoms with van der Waals surface area (Å²) in [4.78, 5) is 2.50. The van der Waals surface area contributed by atoms with Gasteiger partial charge in [-0.05, 0) is 19.4 Å². The maximum atomic E-state index is 4.03. The Bertz CT molecular complexity index is 240. The molecule has 2 rings (SSSR count). The fourth-order valence-corrected chi connectivity index (χ4v) is 1.76. The lowest BCUT2D eigenvalue weighted by atomic mass is 10.2. The smallest absolute Gasteiger partial charge is 0.0825 e. The summed E-state index contributed by atoms with van der Waals surface area (Å²) < 4.78 is 0. The highest BCUT2D eigenvalue weighted by Crippen LogP contribution is 1.99. The number of rotatable bonds is 4. The van der Waals surface area contributed by atoms with Gasteiger partial charge in [0, 0.05) is 26.2 Å². The molecule has 0 aromatic carbocycles. The monoisotopic (exact) mass is 195 g/mol. The number of hydrogen-bond acceptors (Lipinski definition) is 4. The van der Waals surface area contributed by atoms with Crippen LogP contribution < -0.4 is 5.32 Å². The molecule has 1 aromatic rings. The highest BCUT2D eigenvalue weighted by atomic mass is 15.3. The molecule has 5 heteroatoms. The molecular weight excluding hydrogens is 178 g/mol. The number of piperazine rings is 1. The Morgan fingerprint density at radius 2 is 2.21 bits per heavy atom. The van der Waals surface area contributed by atoms with Crippen LogP contribution in [-0.2, 0) is 6.42 Å². The van der Waals surface area contributed by atoms with Gasteiger partial charge in [-0.25, -0.2) is 0 Å². The molecule has 1 aliphatic rings. The lowest BCUT2D eigenvalue weighted by molar-refractivity contribution is 0.238. The molecule has 1 aliphatic heterocycles. The van der Waals surface area contributed by atoms with Gasteiger partial charge < -0.3 is 10.2 Å². The molecule has 0 amide bonds. The molecule has 0 bridgehead atoms. The van der Waals surface area contributed by atoms with Gasteiger partial charge in [0.25, 0.3) is 0 Å². The summed E-state index contributed by atoms with van der Waals surface area (Å²) in [6.07, 6.45) is 4.00. The van der Waals surface area contributed by atoms with E-state index in [0.29, 0.717) is 0 Å². The lowest BCUT2D eigenvalue weighted by Gasteiger charge is -2.26. The zero-order chi connectivity index (χ0) is 9.64. The van der Waals surface area contributed by atoms with Gasteiger partial charge in [-0.3, -0.25) is 0 Å². The van der Waals surface area contributed by atoms with Gasteiger partial charge in [0.05, 0.1) is 11.9 Å². The maximum Gasteiger partial charge on any atom is 0.0825 e. The van der Waals surface area contributed by atoms with Gasteiger partial charge in [-0.15, -0.1) is 0 Å². The van der Waals surface area contributed by atoms with Gasteiger partial charge in [-0.2, -0.15) is 15.4 Å². The molecule has 2 N–H and O–H groups in total. The molecule has 0 radical (unpaired) electrons. The van der Waals surface area contributed by atoms with Gasteiger partial charge >= 0.3 is 0 Å². The van der Waals surface area contributed by atoms with E-state index in [4.69, 9.17) is 0 Å². The number of H-pyrrole nitrogens is 1. The van der Waals surface area contributed by atoms with Crippen LogP contribution in [0.25, 0.3) is 0 Å². The quantitative estimate of drug-likeness (QED) is 0.689. The summed E-state index contributed by atoms with van der Waals surface area (Å²) >= 11 is 0. The van der Waals surface area contributed by atoms with Crippen LogP contribution in [0.5, 0.6) is 0 Å². The molecule has 1 saturated heterocycles. The van der Waals surface area contributed by atoms with Crippen molar-refractivity contribution in [2.45, 2.75) is 12.8 Å². The third-order valence-corrected chi connectivity index (χ3v) is 2.58. The van der Waals surface area contributed by atoms with E-state index in [2.05, 4.69) is 25.6 Å². The van der Waals surface area contributed by atoms with Crippen molar-refractivity contribution in [2.24, 2.45) is 0 Å². The van der Waals surface area contributed by atoms with E-state index in [-0.39, 0.29) is 0 Å². The van der Waals surface area contributed by atoms with Crippen molar-refractivity contribution < 1.29 is 0 Å². The predicted octanol–water partition coefficient (Wildman–Crippen LogP) is -0.357. The maximum absolute atomic E-state index is 4.03. The van der Waals surface area contributed by atoms with Crippen LogP contribution in [0, 0.1) is 0 Å². The van der Waals surface area contributed by atoms with E-state index in [1.54, 1.807) is 6.20 Å². The van der Waals surface area contributed by atoms with Crippen molar-refractivity contribution in [3.05, 3.63) is 11.9 Å². The molecule has 0 atom stereocenters. The number of aromatic nitrogens is 3. The first-order chi connectivity index (χ1) is 6.95. The molecule has 14 heavy (non-hydrogen) atoms. The minimum Gasteiger partial charge on any atom is -0.314 e. The third-order valence-electron chi connectivity index (χ3n) is 2.58. The minimum absolute atomic E-state index is 1.03. The minimum atomic E-state index is 1.03. The Balaban J connectivity index is 1.62. The first kappa shape index (κ1) is 9.61. The molecule has 2 heterocycles. The summed E-state index contributed by atoms with van der Waals surface area (Å²) in [6, 6.07) is 0. The zero-order valence-corrected chi connectivity index (χ0v) is 8.37. The van der Waals surface area contributed by atoms with Crippen molar-refractivity contribution in [3.63, 3.8) is 0 Å². The Kier molecular flexibility index (Phi) is 3.48. The zero-order valence-electron chi connectivity index (χ0n) is 8.37. The normalized spacial score (nSPS) is 18.6. The number of aryl methyl sites for hydroxylation is 1. The van der Waals surface area contributed by atoms with Crippen LogP contribution in [0.4, 0.5) is 0 Å². The number of hydrogen-bond donors (Lipinski definition) is 2. The van der Waals surface area contributed by atoms with E-state index in [1.165, 1.54) is 26.1 Å². The summed E-state index contributed by atoms with van der Waals surface area (Å²) in [5.74, 6) is 0. The first-order valence-corrected chi connectivity index (χ1v) is 5.23. The summed E-state index contributed by atoms with van der Waals surface area (Å²) in [7, 11) is 0. The van der Waals surface area contributed by atoms with Gasteiger partial charge in [0.15, 0.2) is 0 Å². The van der Waals surface area contributed by atoms with E-state index in [0.717, 1.165) is 25.2 Å². The molecule has 1 aromatic heterocycles. The average molecular weight is 195 g/mol. The number of nitrogens with one attached hydrogen (secondary N) is 2. The van der Waals surface area contributed by atoms with Crippen molar-refractivity contribution in [3.8, 4) is 0 Å². The van der Waals surface area contributed by atoms with E-state index in [1.807, 2.05) is 0 Å². The molecule has 0 spiro atoms. The SMILES string of the molecule is c1n[nH]nc1CCCN1CCNCC1. The van der Waals surface area contributed by atoms with Crippen LogP contribution in [0.1, 0.15) is 12.1 Å². The van der Waals surface area contributed by atoms with Crippen LogP contribution in [0.15, 0.2) is 6.20 Å². The Morgan fingerprint density at radius 1 is 1.36 bits per heavy atom. The van der Waals surface area contributed by atoms with Gasteiger partial charge in [-0.1, -0.05) is 0 Å². The van der Waals surface area contributed by atoms with E-state index < -0.39 is 0 Å². The third kappa shape index (κ3) is 2.78. The highest BCUT2D eigenvalue weighted by molar-refractivity contribution is 4.90. The lowest BCUT2D eigenvalue weighted by Crippen LogP contribution is -2.43. The standard InChI is InChI=1S/C9H17N5/c1(2-9-8-11-13-12-9)5-14-6-3-10-4-7-14/h8,10H,1-7H2,(H,11,12,13). The van der Waals surface area contributed by atoms with Crippen LogP contribution in [0.2, 0.25) is 0 Å². The van der Waals surface area contributed by atoms with Crippen LogP contribution in [-0.4, -0.2) is 53.0 Å². The van der Waals surface area contributed by atoms with E-state index >= 15 is 0 Å². The second-order valence-corrected chi connectivity index (χ2v) is 3.66. The summed E-state index contributed by atoms with van der Waals surface area (Å²) in [5.41, 5.74) is 1.07. The topological polar surface area (TPSA) is 56.8 Å². The molecule has 78 valence electrons. The molecule has 5 nitrogen and oxygen atoms in total. The first-order valence-electron chi connectivity index (χ1n) is 5.23. The fourth-order valence-electron chi connectivity index (χ4n) is 1.76. The van der Waals surface area contributed by atoms with Crippen molar-refractivity contribution in [1.29, 1.82) is 0 Å². The highest BCUT2D eigenvalue weighted by Gasteiger charge is 2.08. The average Bonchev–Trinajstić information content (AvgIpc) is 2.72. The number of aromatic amines is 1.